The second kappa shape index (κ2) is 4.71. The van der Waals surface area contributed by atoms with E-state index >= 15 is 0 Å². The van der Waals surface area contributed by atoms with Gasteiger partial charge in [-0.15, -0.1) is 0 Å². The van der Waals surface area contributed by atoms with E-state index in [9.17, 15) is 17.4 Å². The smallest absolute Gasteiger partial charge is 0.140 e. The fourth-order valence-electron chi connectivity index (χ4n) is 0.647. The molecular formula is C6H4FO3SYb-. The average molecular weight is 348 g/mol. The summed E-state index contributed by atoms with van der Waals surface area (Å²) in [5, 5.41) is 0. The molecule has 0 amide bonds. The zero-order chi connectivity index (χ0) is 8.48. The first-order valence-electron chi connectivity index (χ1n) is 2.72. The van der Waals surface area contributed by atoms with E-state index in [2.05, 4.69) is 0 Å². The second-order valence-electron chi connectivity index (χ2n) is 1.88. The van der Waals surface area contributed by atoms with Crippen LogP contribution in [0.2, 0.25) is 0 Å². The summed E-state index contributed by atoms with van der Waals surface area (Å²) < 4.78 is 43.3. The van der Waals surface area contributed by atoms with Gasteiger partial charge in [0.05, 0.1) is 4.90 Å². The molecule has 0 radical (unpaired) electrons. The van der Waals surface area contributed by atoms with Crippen molar-refractivity contribution in [2.24, 2.45) is 0 Å². The zero-order valence-corrected chi connectivity index (χ0v) is 8.12. The standard InChI is InChI=1S/C6H5FO3S.Yb/c7-5-3-1-2-4-6(5)11(8,9)10;/h1-4H,(H,8,9,10);/p-1. The van der Waals surface area contributed by atoms with Gasteiger partial charge in [0.15, 0.2) is 0 Å². The summed E-state index contributed by atoms with van der Waals surface area (Å²) in [4.78, 5) is -0.806. The Morgan fingerprint density at radius 3 is 2.08 bits per heavy atom. The van der Waals surface area contributed by atoms with E-state index in [1.807, 2.05) is 0 Å². The van der Waals surface area contributed by atoms with Gasteiger partial charge in [-0.3, -0.25) is 0 Å². The van der Waals surface area contributed by atoms with Crippen molar-refractivity contribution in [3.05, 3.63) is 30.1 Å². The number of halogens is 1. The summed E-state index contributed by atoms with van der Waals surface area (Å²) in [5.74, 6) is -1.01. The third kappa shape index (κ3) is 3.14. The van der Waals surface area contributed by atoms with E-state index < -0.39 is 20.8 Å². The van der Waals surface area contributed by atoms with Crippen LogP contribution in [0.15, 0.2) is 29.2 Å². The molecule has 6 heteroatoms. The van der Waals surface area contributed by atoms with Crippen LogP contribution in [0.1, 0.15) is 0 Å². The Kier molecular flexibility index (Phi) is 4.94. The van der Waals surface area contributed by atoms with E-state index in [0.29, 0.717) is 0 Å². The van der Waals surface area contributed by atoms with Crippen molar-refractivity contribution in [2.75, 3.05) is 0 Å². The molecule has 0 saturated heterocycles. The summed E-state index contributed by atoms with van der Waals surface area (Å²) in [5.41, 5.74) is 0. The topological polar surface area (TPSA) is 57.2 Å². The maximum atomic E-state index is 12.5. The van der Waals surface area contributed by atoms with Crippen molar-refractivity contribution in [2.45, 2.75) is 4.90 Å². The first kappa shape index (κ1) is 12.6. The molecule has 3 nitrogen and oxygen atoms in total. The molecule has 1 aromatic carbocycles. The molecule has 0 heterocycles. The molecule has 1 rings (SSSR count). The van der Waals surface area contributed by atoms with Crippen molar-refractivity contribution in [1.29, 1.82) is 0 Å². The summed E-state index contributed by atoms with van der Waals surface area (Å²) >= 11 is 0. The second-order valence-corrected chi connectivity index (χ2v) is 3.23. The van der Waals surface area contributed by atoms with Gasteiger partial charge >= 0.3 is 0 Å². The van der Waals surface area contributed by atoms with Gasteiger partial charge in [0.1, 0.15) is 15.9 Å². The van der Waals surface area contributed by atoms with Crippen LogP contribution < -0.4 is 0 Å². The molecule has 1 aromatic rings. The molecule has 0 saturated carbocycles. The van der Waals surface area contributed by atoms with Crippen LogP contribution in [-0.2, 0) is 10.1 Å². The van der Waals surface area contributed by atoms with E-state index in [1.165, 1.54) is 12.1 Å². The monoisotopic (exact) mass is 349 g/mol. The average Bonchev–Trinajstić information content (AvgIpc) is 1.86. The van der Waals surface area contributed by atoms with Crippen LogP contribution in [0.5, 0.6) is 0 Å². The van der Waals surface area contributed by atoms with Gasteiger partial charge in [-0.25, -0.2) is 12.8 Å². The van der Waals surface area contributed by atoms with Crippen LogP contribution in [0.4, 0.5) is 4.39 Å². The largest absolute Gasteiger partial charge is 0.744 e. The van der Waals surface area contributed by atoms with Crippen molar-refractivity contribution in [3.63, 3.8) is 0 Å². The number of hydrogen-bond donors (Lipinski definition) is 0. The quantitative estimate of drug-likeness (QED) is 0.703. The molecule has 0 aliphatic rings. The molecule has 74 valence electrons. The summed E-state index contributed by atoms with van der Waals surface area (Å²) in [6.07, 6.45) is 0. The molecule has 0 aromatic heterocycles. The predicted octanol–water partition coefficient (Wildman–Crippen LogP) is 0.730. The maximum absolute atomic E-state index is 12.5. The Morgan fingerprint density at radius 1 is 1.25 bits per heavy atom. The Bertz CT molecular complexity index is 363. The number of benzene rings is 1. The summed E-state index contributed by atoms with van der Waals surface area (Å²) in [6.45, 7) is 0. The van der Waals surface area contributed by atoms with Crippen LogP contribution in [0.3, 0.4) is 0 Å². The molecule has 0 spiro atoms. The van der Waals surface area contributed by atoms with Gasteiger partial charge in [0, 0.05) is 46.9 Å². The molecule has 0 fully saturated rings. The Morgan fingerprint density at radius 2 is 1.75 bits per heavy atom. The first-order valence-corrected chi connectivity index (χ1v) is 4.13. The Hall–Kier alpha value is 0.579. The van der Waals surface area contributed by atoms with E-state index in [-0.39, 0.29) is 46.9 Å². The normalized spacial score (nSPS) is 10.5. The van der Waals surface area contributed by atoms with Crippen LogP contribution in [0, 0.1) is 52.7 Å². The minimum atomic E-state index is -4.66. The van der Waals surface area contributed by atoms with Gasteiger partial charge in [-0.1, -0.05) is 12.1 Å². The molecule has 0 aliphatic carbocycles. The fraction of sp³-hybridized carbons (Fsp3) is 0. The molecular weight excluding hydrogens is 344 g/mol. The number of rotatable bonds is 1. The minimum Gasteiger partial charge on any atom is -0.744 e. The van der Waals surface area contributed by atoms with Crippen LogP contribution >= 0.6 is 0 Å². The first-order chi connectivity index (χ1) is 5.02. The fourth-order valence-corrected chi connectivity index (χ4v) is 1.20. The van der Waals surface area contributed by atoms with Gasteiger partial charge in [0.25, 0.3) is 0 Å². The Labute approximate surface area is 108 Å². The SMILES string of the molecule is O=S(=O)([O-])c1ccccc1F.[Yb]. The van der Waals surface area contributed by atoms with E-state index in [0.717, 1.165) is 12.1 Å². The molecule has 0 atom stereocenters. The van der Waals surface area contributed by atoms with E-state index in [1.54, 1.807) is 0 Å². The van der Waals surface area contributed by atoms with Gasteiger partial charge in [-0.2, -0.15) is 0 Å². The Balaban J connectivity index is 0.00000121. The van der Waals surface area contributed by atoms with Crippen LogP contribution in [-0.4, -0.2) is 13.0 Å². The van der Waals surface area contributed by atoms with Crippen LogP contribution in [0.25, 0.3) is 0 Å². The molecule has 0 bridgehead atoms. The predicted molar refractivity (Wildman–Crippen MR) is 34.4 cm³/mol. The van der Waals surface area contributed by atoms with E-state index in [4.69, 9.17) is 0 Å². The minimum absolute atomic E-state index is 0. The van der Waals surface area contributed by atoms with Crippen molar-refractivity contribution < 1.29 is 64.3 Å². The molecule has 0 aliphatic heterocycles. The summed E-state index contributed by atoms with van der Waals surface area (Å²) in [7, 11) is -4.66. The number of hydrogen-bond acceptors (Lipinski definition) is 3. The van der Waals surface area contributed by atoms with Gasteiger partial charge in [-0.05, 0) is 12.1 Å². The van der Waals surface area contributed by atoms with Gasteiger partial charge < -0.3 is 4.55 Å². The molecule has 0 unspecified atom stereocenters. The third-order valence-corrected chi connectivity index (χ3v) is 1.98. The van der Waals surface area contributed by atoms with Crippen molar-refractivity contribution >= 4 is 10.1 Å². The third-order valence-electron chi connectivity index (χ3n) is 1.11. The van der Waals surface area contributed by atoms with Crippen molar-refractivity contribution in [3.8, 4) is 0 Å². The molecule has 12 heavy (non-hydrogen) atoms. The zero-order valence-electron chi connectivity index (χ0n) is 5.59. The molecule has 0 N–H and O–H groups in total. The summed E-state index contributed by atoms with van der Waals surface area (Å²) in [6, 6.07) is 4.44. The van der Waals surface area contributed by atoms with Crippen molar-refractivity contribution in [1.82, 2.24) is 0 Å². The van der Waals surface area contributed by atoms with Gasteiger partial charge in [0.2, 0.25) is 0 Å². The maximum Gasteiger partial charge on any atom is 0.140 e.